The van der Waals surface area contributed by atoms with E-state index in [1.165, 1.54) is 14.0 Å². The highest BCUT2D eigenvalue weighted by atomic mass is 16.5. The molecular weight excluding hydrogens is 212 g/mol. The van der Waals surface area contributed by atoms with Gasteiger partial charge in [0.1, 0.15) is 6.04 Å². The smallest absolute Gasteiger partial charge is 0.254 e. The summed E-state index contributed by atoms with van der Waals surface area (Å²) >= 11 is 0. The molecule has 1 aliphatic heterocycles. The first-order chi connectivity index (χ1) is 7.57. The van der Waals surface area contributed by atoms with Crippen LogP contribution in [0.1, 0.15) is 6.92 Å². The van der Waals surface area contributed by atoms with E-state index >= 15 is 0 Å². The summed E-state index contributed by atoms with van der Waals surface area (Å²) in [7, 11) is 1.52. The average molecular weight is 226 g/mol. The fourth-order valence-electron chi connectivity index (χ4n) is 1.33. The summed E-state index contributed by atoms with van der Waals surface area (Å²) in [6.07, 6.45) is 2.31. The Morgan fingerprint density at radius 2 is 2.00 bits per heavy atom. The van der Waals surface area contributed by atoms with Gasteiger partial charge < -0.3 is 10.1 Å². The monoisotopic (exact) mass is 226 g/mol. The summed E-state index contributed by atoms with van der Waals surface area (Å²) in [5.74, 6) is -1.29. The number of imide groups is 1. The molecule has 1 atom stereocenters. The molecule has 0 fully saturated rings. The van der Waals surface area contributed by atoms with Crippen LogP contribution in [0.3, 0.4) is 0 Å². The first-order valence-electron chi connectivity index (χ1n) is 4.89. The van der Waals surface area contributed by atoms with Crippen LogP contribution < -0.4 is 5.32 Å². The predicted molar refractivity (Wildman–Crippen MR) is 55.3 cm³/mol. The molecule has 6 heteroatoms. The van der Waals surface area contributed by atoms with Crippen molar-refractivity contribution in [2.24, 2.45) is 0 Å². The summed E-state index contributed by atoms with van der Waals surface area (Å²) in [6.45, 7) is 2.24. The van der Waals surface area contributed by atoms with Crippen LogP contribution in [-0.2, 0) is 19.1 Å². The maximum Gasteiger partial charge on any atom is 0.254 e. The third-order valence-corrected chi connectivity index (χ3v) is 2.22. The van der Waals surface area contributed by atoms with E-state index in [9.17, 15) is 14.4 Å². The highest BCUT2D eigenvalue weighted by Crippen LogP contribution is 2.08. The molecule has 0 aromatic rings. The lowest BCUT2D eigenvalue weighted by molar-refractivity contribution is -0.144. The lowest BCUT2D eigenvalue weighted by Crippen LogP contribution is -2.48. The number of carbonyl (C=O) groups is 3. The zero-order valence-electron chi connectivity index (χ0n) is 9.23. The average Bonchev–Trinajstić information content (AvgIpc) is 2.58. The lowest BCUT2D eigenvalue weighted by atomic mass is 10.2. The SMILES string of the molecule is COCCNC(=O)C(C)N1C(=O)C=CC1=O. The number of carbonyl (C=O) groups excluding carboxylic acids is 3. The molecule has 0 saturated heterocycles. The first-order valence-corrected chi connectivity index (χ1v) is 4.89. The number of rotatable bonds is 5. The van der Waals surface area contributed by atoms with Crippen molar-refractivity contribution in [3.63, 3.8) is 0 Å². The lowest BCUT2D eigenvalue weighted by Gasteiger charge is -2.21. The molecule has 1 rings (SSSR count). The van der Waals surface area contributed by atoms with Gasteiger partial charge in [0.25, 0.3) is 11.8 Å². The standard InChI is InChI=1S/C10H14N2O4/c1-7(10(15)11-5-6-16-2)12-8(13)3-4-9(12)14/h3-4,7H,5-6H2,1-2H3,(H,11,15). The van der Waals surface area contributed by atoms with E-state index in [2.05, 4.69) is 5.32 Å². The maximum absolute atomic E-state index is 11.6. The van der Waals surface area contributed by atoms with Crippen LogP contribution in [0.4, 0.5) is 0 Å². The minimum atomic E-state index is -0.799. The molecule has 1 heterocycles. The Labute approximate surface area is 93.2 Å². The normalized spacial score (nSPS) is 16.8. The van der Waals surface area contributed by atoms with Gasteiger partial charge in [-0.3, -0.25) is 19.3 Å². The van der Waals surface area contributed by atoms with E-state index in [1.54, 1.807) is 0 Å². The van der Waals surface area contributed by atoms with Gasteiger partial charge in [-0.15, -0.1) is 0 Å². The van der Waals surface area contributed by atoms with Gasteiger partial charge in [-0.25, -0.2) is 0 Å². The Bertz CT molecular complexity index is 320. The van der Waals surface area contributed by atoms with Crippen molar-refractivity contribution in [3.8, 4) is 0 Å². The molecule has 0 saturated carbocycles. The molecule has 0 aromatic carbocycles. The number of hydrogen-bond acceptors (Lipinski definition) is 4. The van der Waals surface area contributed by atoms with E-state index in [0.29, 0.717) is 13.2 Å². The Morgan fingerprint density at radius 1 is 1.44 bits per heavy atom. The zero-order chi connectivity index (χ0) is 12.1. The molecule has 0 bridgehead atoms. The fraction of sp³-hybridized carbons (Fsp3) is 0.500. The van der Waals surface area contributed by atoms with Crippen LogP contribution in [-0.4, -0.2) is 48.9 Å². The van der Waals surface area contributed by atoms with Crippen molar-refractivity contribution in [3.05, 3.63) is 12.2 Å². The van der Waals surface area contributed by atoms with Gasteiger partial charge in [0.15, 0.2) is 0 Å². The summed E-state index contributed by atoms with van der Waals surface area (Å²) in [6, 6.07) is -0.799. The topological polar surface area (TPSA) is 75.7 Å². The van der Waals surface area contributed by atoms with Crippen molar-refractivity contribution in [2.75, 3.05) is 20.3 Å². The van der Waals surface area contributed by atoms with E-state index in [-0.39, 0.29) is 5.91 Å². The molecule has 1 aliphatic rings. The molecule has 0 aromatic heterocycles. The van der Waals surface area contributed by atoms with Gasteiger partial charge in [0.05, 0.1) is 6.61 Å². The Balaban J connectivity index is 2.50. The second-order valence-electron chi connectivity index (χ2n) is 3.34. The van der Waals surface area contributed by atoms with Crippen LogP contribution in [0, 0.1) is 0 Å². The molecular formula is C10H14N2O4. The second-order valence-corrected chi connectivity index (χ2v) is 3.34. The Morgan fingerprint density at radius 3 is 2.50 bits per heavy atom. The fourth-order valence-corrected chi connectivity index (χ4v) is 1.33. The number of nitrogens with zero attached hydrogens (tertiary/aromatic N) is 1. The Kier molecular flexibility index (Phi) is 4.19. The van der Waals surface area contributed by atoms with Gasteiger partial charge in [-0.05, 0) is 6.92 Å². The van der Waals surface area contributed by atoms with Crippen LogP contribution >= 0.6 is 0 Å². The first kappa shape index (κ1) is 12.4. The molecule has 0 spiro atoms. The Hall–Kier alpha value is -1.69. The van der Waals surface area contributed by atoms with E-state index in [1.807, 2.05) is 0 Å². The van der Waals surface area contributed by atoms with Crippen LogP contribution in [0.2, 0.25) is 0 Å². The van der Waals surface area contributed by atoms with Crippen molar-refractivity contribution in [2.45, 2.75) is 13.0 Å². The van der Waals surface area contributed by atoms with Crippen molar-refractivity contribution in [1.29, 1.82) is 0 Å². The highest BCUT2D eigenvalue weighted by molar-refractivity contribution is 6.15. The minimum absolute atomic E-state index is 0.351. The largest absolute Gasteiger partial charge is 0.383 e. The van der Waals surface area contributed by atoms with Crippen molar-refractivity contribution < 1.29 is 19.1 Å². The van der Waals surface area contributed by atoms with Gasteiger partial charge in [-0.2, -0.15) is 0 Å². The number of hydrogen-bond donors (Lipinski definition) is 1. The van der Waals surface area contributed by atoms with Crippen LogP contribution in [0.25, 0.3) is 0 Å². The third-order valence-electron chi connectivity index (χ3n) is 2.22. The number of ether oxygens (including phenoxy) is 1. The quantitative estimate of drug-likeness (QED) is 0.485. The molecule has 16 heavy (non-hydrogen) atoms. The highest BCUT2D eigenvalue weighted by Gasteiger charge is 2.32. The molecule has 88 valence electrons. The third kappa shape index (κ3) is 2.66. The van der Waals surface area contributed by atoms with Gasteiger partial charge >= 0.3 is 0 Å². The maximum atomic E-state index is 11.6. The van der Waals surface area contributed by atoms with Crippen molar-refractivity contribution >= 4 is 17.7 Å². The summed E-state index contributed by atoms with van der Waals surface area (Å²) in [5.41, 5.74) is 0. The molecule has 6 nitrogen and oxygen atoms in total. The molecule has 0 aliphatic carbocycles. The van der Waals surface area contributed by atoms with Gasteiger partial charge in [0.2, 0.25) is 5.91 Å². The summed E-state index contributed by atoms with van der Waals surface area (Å²) < 4.78 is 4.77. The summed E-state index contributed by atoms with van der Waals surface area (Å²) in [5, 5.41) is 2.56. The molecule has 1 unspecified atom stereocenters. The van der Waals surface area contributed by atoms with Crippen LogP contribution in [0.15, 0.2) is 12.2 Å². The number of nitrogens with one attached hydrogen (secondary N) is 1. The van der Waals surface area contributed by atoms with Crippen LogP contribution in [0.5, 0.6) is 0 Å². The molecule has 1 N–H and O–H groups in total. The second kappa shape index (κ2) is 5.41. The van der Waals surface area contributed by atoms with Gasteiger partial charge in [-0.1, -0.05) is 0 Å². The molecule has 0 radical (unpaired) electrons. The number of amides is 3. The summed E-state index contributed by atoms with van der Waals surface area (Å²) in [4.78, 5) is 35.0. The van der Waals surface area contributed by atoms with Gasteiger partial charge in [0, 0.05) is 25.8 Å². The van der Waals surface area contributed by atoms with Crippen molar-refractivity contribution in [1.82, 2.24) is 10.2 Å². The molecule has 3 amide bonds. The van der Waals surface area contributed by atoms with E-state index in [0.717, 1.165) is 17.1 Å². The van der Waals surface area contributed by atoms with E-state index in [4.69, 9.17) is 4.74 Å². The minimum Gasteiger partial charge on any atom is -0.383 e. The van der Waals surface area contributed by atoms with E-state index < -0.39 is 17.9 Å². The zero-order valence-corrected chi connectivity index (χ0v) is 9.23. The predicted octanol–water partition coefficient (Wildman–Crippen LogP) is -0.937. The number of methoxy groups -OCH3 is 1.